The first-order chi connectivity index (χ1) is 11.7. The van der Waals surface area contributed by atoms with Crippen molar-refractivity contribution < 1.29 is 0 Å². The van der Waals surface area contributed by atoms with Crippen molar-refractivity contribution >= 4 is 39.9 Å². The number of aromatic nitrogens is 3. The second kappa shape index (κ2) is 7.86. The van der Waals surface area contributed by atoms with Crippen LogP contribution in [0.2, 0.25) is 10.0 Å². The van der Waals surface area contributed by atoms with E-state index in [9.17, 15) is 0 Å². The Morgan fingerprint density at radius 1 is 1.12 bits per heavy atom. The summed E-state index contributed by atoms with van der Waals surface area (Å²) in [6, 6.07) is 5.64. The van der Waals surface area contributed by atoms with Gasteiger partial charge in [-0.3, -0.25) is 5.10 Å². The lowest BCUT2D eigenvalue weighted by Gasteiger charge is -2.12. The van der Waals surface area contributed by atoms with Crippen LogP contribution in [0.3, 0.4) is 0 Å². The number of rotatable bonds is 7. The summed E-state index contributed by atoms with van der Waals surface area (Å²) in [4.78, 5) is 4.67. The van der Waals surface area contributed by atoms with Gasteiger partial charge in [0.15, 0.2) is 0 Å². The summed E-state index contributed by atoms with van der Waals surface area (Å²) in [7, 11) is 0. The molecule has 3 rings (SSSR count). The molecule has 0 saturated heterocycles. The molecule has 126 valence electrons. The van der Waals surface area contributed by atoms with Gasteiger partial charge >= 0.3 is 0 Å². The lowest BCUT2D eigenvalue weighted by molar-refractivity contribution is 0.684. The van der Waals surface area contributed by atoms with E-state index < -0.39 is 0 Å². The van der Waals surface area contributed by atoms with E-state index in [1.807, 2.05) is 18.3 Å². The first-order valence-electron chi connectivity index (χ1n) is 8.22. The van der Waals surface area contributed by atoms with Crippen molar-refractivity contribution in [1.29, 1.82) is 0 Å². The molecule has 0 aliphatic heterocycles. The van der Waals surface area contributed by atoms with Crippen LogP contribution < -0.4 is 5.32 Å². The normalized spacial score (nSPS) is 11.1. The van der Waals surface area contributed by atoms with Gasteiger partial charge in [0.25, 0.3) is 0 Å². The molecule has 0 radical (unpaired) electrons. The highest BCUT2D eigenvalue weighted by molar-refractivity contribution is 6.38. The summed E-state index contributed by atoms with van der Waals surface area (Å²) in [5, 5.41) is 12.4. The quantitative estimate of drug-likeness (QED) is 0.512. The summed E-state index contributed by atoms with van der Waals surface area (Å²) in [6.45, 7) is 3.11. The molecule has 6 heteroatoms. The number of halogens is 2. The first-order valence-corrected chi connectivity index (χ1v) is 8.97. The predicted octanol–water partition coefficient (Wildman–Crippen LogP) is 5.92. The van der Waals surface area contributed by atoms with E-state index >= 15 is 0 Å². The Labute approximate surface area is 151 Å². The Morgan fingerprint density at radius 3 is 2.75 bits per heavy atom. The lowest BCUT2D eigenvalue weighted by Crippen LogP contribution is -2.04. The van der Waals surface area contributed by atoms with E-state index in [2.05, 4.69) is 27.4 Å². The van der Waals surface area contributed by atoms with Gasteiger partial charge in [0, 0.05) is 28.7 Å². The van der Waals surface area contributed by atoms with Crippen LogP contribution in [-0.2, 0) is 0 Å². The van der Waals surface area contributed by atoms with Crippen molar-refractivity contribution in [3.8, 4) is 11.1 Å². The van der Waals surface area contributed by atoms with Gasteiger partial charge in [-0.05, 0) is 30.2 Å². The molecule has 0 fully saturated rings. The van der Waals surface area contributed by atoms with Crippen LogP contribution in [-0.4, -0.2) is 21.7 Å². The zero-order valence-electron chi connectivity index (χ0n) is 13.6. The lowest BCUT2D eigenvalue weighted by atomic mass is 10.0. The third-order valence-electron chi connectivity index (χ3n) is 3.98. The fraction of sp³-hybridized carbons (Fsp3) is 0.333. The van der Waals surface area contributed by atoms with Gasteiger partial charge in [-0.15, -0.1) is 0 Å². The van der Waals surface area contributed by atoms with Gasteiger partial charge in [0.1, 0.15) is 5.82 Å². The molecule has 2 N–H and O–H groups in total. The third kappa shape index (κ3) is 3.82. The number of H-pyrrole nitrogens is 1. The SMILES string of the molecule is CCCCCCNc1cc(-c2cn[nH]c2)c2cc(Cl)cc(Cl)c2n1. The van der Waals surface area contributed by atoms with Crippen molar-refractivity contribution in [2.45, 2.75) is 32.6 Å². The molecule has 0 unspecified atom stereocenters. The molecule has 0 atom stereocenters. The number of hydrogen-bond acceptors (Lipinski definition) is 3. The average Bonchev–Trinajstić information content (AvgIpc) is 3.09. The van der Waals surface area contributed by atoms with Crippen LogP contribution in [0, 0.1) is 0 Å². The number of unbranched alkanes of at least 4 members (excludes halogenated alkanes) is 3. The molecule has 0 bridgehead atoms. The Morgan fingerprint density at radius 2 is 2.00 bits per heavy atom. The Balaban J connectivity index is 1.96. The van der Waals surface area contributed by atoms with Crippen molar-refractivity contribution in [2.75, 3.05) is 11.9 Å². The minimum absolute atomic E-state index is 0.553. The van der Waals surface area contributed by atoms with Crippen molar-refractivity contribution in [1.82, 2.24) is 15.2 Å². The number of anilines is 1. The van der Waals surface area contributed by atoms with Crippen molar-refractivity contribution in [3.63, 3.8) is 0 Å². The van der Waals surface area contributed by atoms with E-state index in [-0.39, 0.29) is 0 Å². The molecule has 0 amide bonds. The number of benzene rings is 1. The number of fused-ring (bicyclic) bond motifs is 1. The number of nitrogens with zero attached hydrogens (tertiary/aromatic N) is 2. The Kier molecular flexibility index (Phi) is 5.59. The molecular formula is C18H20Cl2N4. The van der Waals surface area contributed by atoms with Crippen LogP contribution in [0.25, 0.3) is 22.0 Å². The van der Waals surface area contributed by atoms with Gasteiger partial charge in [-0.25, -0.2) is 4.98 Å². The smallest absolute Gasteiger partial charge is 0.127 e. The number of nitrogens with one attached hydrogen (secondary N) is 2. The maximum absolute atomic E-state index is 6.37. The zero-order chi connectivity index (χ0) is 16.9. The average molecular weight is 363 g/mol. The monoisotopic (exact) mass is 362 g/mol. The minimum atomic E-state index is 0.553. The van der Waals surface area contributed by atoms with E-state index in [0.717, 1.165) is 40.8 Å². The summed E-state index contributed by atoms with van der Waals surface area (Å²) in [5.74, 6) is 0.819. The molecule has 1 aromatic carbocycles. The number of hydrogen-bond donors (Lipinski definition) is 2. The largest absolute Gasteiger partial charge is 0.370 e. The summed E-state index contributed by atoms with van der Waals surface area (Å²) < 4.78 is 0. The zero-order valence-corrected chi connectivity index (χ0v) is 15.1. The van der Waals surface area contributed by atoms with E-state index in [1.54, 1.807) is 12.3 Å². The van der Waals surface area contributed by atoms with Crippen LogP contribution in [0.1, 0.15) is 32.6 Å². The van der Waals surface area contributed by atoms with Gasteiger partial charge in [-0.2, -0.15) is 5.10 Å². The van der Waals surface area contributed by atoms with Gasteiger partial charge in [0.05, 0.1) is 16.7 Å². The van der Waals surface area contributed by atoms with Gasteiger partial charge in [-0.1, -0.05) is 49.4 Å². The third-order valence-corrected chi connectivity index (χ3v) is 4.48. The summed E-state index contributed by atoms with van der Waals surface area (Å²) in [6.07, 6.45) is 8.49. The van der Waals surface area contributed by atoms with Crippen LogP contribution in [0.4, 0.5) is 5.82 Å². The van der Waals surface area contributed by atoms with E-state index in [4.69, 9.17) is 23.2 Å². The maximum Gasteiger partial charge on any atom is 0.127 e. The summed E-state index contributed by atoms with van der Waals surface area (Å²) in [5.41, 5.74) is 2.74. The topological polar surface area (TPSA) is 53.6 Å². The highest BCUT2D eigenvalue weighted by Crippen LogP contribution is 2.35. The molecule has 0 aliphatic carbocycles. The maximum atomic E-state index is 6.37. The summed E-state index contributed by atoms with van der Waals surface area (Å²) >= 11 is 12.5. The van der Waals surface area contributed by atoms with Gasteiger partial charge < -0.3 is 5.32 Å². The predicted molar refractivity (Wildman–Crippen MR) is 102 cm³/mol. The molecule has 3 aromatic rings. The first kappa shape index (κ1) is 17.1. The molecule has 2 aromatic heterocycles. The molecule has 0 saturated carbocycles. The Hall–Kier alpha value is -1.78. The standard InChI is InChI=1S/C18H20Cl2N4/c1-2-3-4-5-6-21-17-9-14(12-10-22-23-11-12)15-7-13(19)8-16(20)18(15)24-17/h7-11H,2-6H2,1H3,(H,21,24)(H,22,23). The highest BCUT2D eigenvalue weighted by Gasteiger charge is 2.12. The number of aromatic amines is 1. The van der Waals surface area contributed by atoms with Crippen LogP contribution in [0.5, 0.6) is 0 Å². The fourth-order valence-corrected chi connectivity index (χ4v) is 3.28. The molecule has 24 heavy (non-hydrogen) atoms. The van der Waals surface area contributed by atoms with Crippen LogP contribution >= 0.6 is 23.2 Å². The minimum Gasteiger partial charge on any atom is -0.370 e. The molecule has 4 nitrogen and oxygen atoms in total. The van der Waals surface area contributed by atoms with E-state index in [1.165, 1.54) is 19.3 Å². The molecule has 0 spiro atoms. The Bertz CT molecular complexity index is 815. The molecular weight excluding hydrogens is 343 g/mol. The number of pyridine rings is 1. The van der Waals surface area contributed by atoms with Gasteiger partial charge in [0.2, 0.25) is 0 Å². The second-order valence-corrected chi connectivity index (χ2v) is 6.66. The van der Waals surface area contributed by atoms with Crippen molar-refractivity contribution in [3.05, 3.63) is 40.6 Å². The van der Waals surface area contributed by atoms with Crippen LogP contribution in [0.15, 0.2) is 30.6 Å². The second-order valence-electron chi connectivity index (χ2n) is 5.81. The van der Waals surface area contributed by atoms with Crippen molar-refractivity contribution in [2.24, 2.45) is 0 Å². The fourth-order valence-electron chi connectivity index (χ4n) is 2.75. The highest BCUT2D eigenvalue weighted by atomic mass is 35.5. The van der Waals surface area contributed by atoms with E-state index in [0.29, 0.717) is 10.0 Å². The molecule has 2 heterocycles. The molecule has 0 aliphatic rings.